The summed E-state index contributed by atoms with van der Waals surface area (Å²) in [6.07, 6.45) is 4.29. The second-order valence-corrected chi connectivity index (χ2v) is 4.54. The van der Waals surface area contributed by atoms with E-state index in [2.05, 4.69) is 20.6 Å². The van der Waals surface area contributed by atoms with Gasteiger partial charge >= 0.3 is 0 Å². The zero-order chi connectivity index (χ0) is 15.9. The van der Waals surface area contributed by atoms with Gasteiger partial charge in [-0.2, -0.15) is 0 Å². The van der Waals surface area contributed by atoms with Gasteiger partial charge in [0.1, 0.15) is 12.0 Å². The highest BCUT2D eigenvalue weighted by Gasteiger charge is 2.09. The predicted molar refractivity (Wildman–Crippen MR) is 80.7 cm³/mol. The number of aromatic nitrogens is 2. The molecule has 0 saturated heterocycles. The largest absolute Gasteiger partial charge is 0.368 e. The summed E-state index contributed by atoms with van der Waals surface area (Å²) in [6, 6.07) is 4.82. The third kappa shape index (κ3) is 3.98. The van der Waals surface area contributed by atoms with E-state index in [-0.39, 0.29) is 11.6 Å². The summed E-state index contributed by atoms with van der Waals surface area (Å²) in [6.45, 7) is 2.58. The highest BCUT2D eigenvalue weighted by molar-refractivity contribution is 5.93. The minimum Gasteiger partial charge on any atom is -0.368 e. The van der Waals surface area contributed by atoms with Crippen molar-refractivity contribution < 1.29 is 9.72 Å². The molecule has 0 radical (unpaired) electrons. The molecule has 0 aliphatic carbocycles. The molecule has 22 heavy (non-hydrogen) atoms. The Bertz CT molecular complexity index is 675. The second-order valence-electron chi connectivity index (χ2n) is 4.54. The van der Waals surface area contributed by atoms with Crippen LogP contribution < -0.4 is 10.6 Å². The Labute approximate surface area is 126 Å². The molecule has 8 nitrogen and oxygen atoms in total. The summed E-state index contributed by atoms with van der Waals surface area (Å²) in [4.78, 5) is 29.8. The van der Waals surface area contributed by atoms with Crippen LogP contribution >= 0.6 is 0 Å². The van der Waals surface area contributed by atoms with Crippen molar-refractivity contribution in [2.24, 2.45) is 0 Å². The predicted octanol–water partition coefficient (Wildman–Crippen LogP) is 1.54. The standard InChI is InChI=1S/C14H15N5O3/c1-10-7-12(19(21)22)9-18-13(10)16-5-6-17-14(20)11-3-2-4-15-8-11/h2-4,7-9H,5-6H2,1H3,(H,16,18)(H,17,20). The molecule has 2 N–H and O–H groups in total. The molecule has 8 heteroatoms. The third-order valence-electron chi connectivity index (χ3n) is 2.90. The van der Waals surface area contributed by atoms with Crippen LogP contribution in [0, 0.1) is 17.0 Å². The maximum absolute atomic E-state index is 11.8. The number of hydrogen-bond acceptors (Lipinski definition) is 6. The topological polar surface area (TPSA) is 110 Å². The minimum absolute atomic E-state index is 0.0482. The number of pyridine rings is 2. The van der Waals surface area contributed by atoms with Crippen LogP contribution in [-0.2, 0) is 0 Å². The number of hydrogen-bond donors (Lipinski definition) is 2. The van der Waals surface area contributed by atoms with Gasteiger partial charge in [-0.05, 0) is 24.6 Å². The number of rotatable bonds is 6. The van der Waals surface area contributed by atoms with Crippen LogP contribution in [0.2, 0.25) is 0 Å². The highest BCUT2D eigenvalue weighted by atomic mass is 16.6. The zero-order valence-electron chi connectivity index (χ0n) is 11.9. The zero-order valence-corrected chi connectivity index (χ0v) is 11.9. The molecule has 0 unspecified atom stereocenters. The normalized spacial score (nSPS) is 10.0. The van der Waals surface area contributed by atoms with Crippen LogP contribution in [0.1, 0.15) is 15.9 Å². The van der Waals surface area contributed by atoms with E-state index in [1.807, 2.05) is 0 Å². The van der Waals surface area contributed by atoms with E-state index in [9.17, 15) is 14.9 Å². The van der Waals surface area contributed by atoms with Crippen molar-refractivity contribution in [3.63, 3.8) is 0 Å². The smallest absolute Gasteiger partial charge is 0.287 e. The van der Waals surface area contributed by atoms with E-state index < -0.39 is 4.92 Å². The van der Waals surface area contributed by atoms with E-state index >= 15 is 0 Å². The first-order chi connectivity index (χ1) is 10.6. The summed E-state index contributed by atoms with van der Waals surface area (Å²) in [5.74, 6) is 0.351. The molecule has 2 heterocycles. The van der Waals surface area contributed by atoms with Crippen molar-refractivity contribution in [2.45, 2.75) is 6.92 Å². The number of aryl methyl sites for hydroxylation is 1. The molecule has 2 aromatic heterocycles. The Kier molecular flexibility index (Phi) is 4.97. The summed E-state index contributed by atoms with van der Waals surface area (Å²) in [7, 11) is 0. The summed E-state index contributed by atoms with van der Waals surface area (Å²) in [5, 5.41) is 16.4. The Morgan fingerprint density at radius 3 is 2.82 bits per heavy atom. The number of amides is 1. The molecule has 0 atom stereocenters. The van der Waals surface area contributed by atoms with Gasteiger partial charge < -0.3 is 10.6 Å². The lowest BCUT2D eigenvalue weighted by Crippen LogP contribution is -2.29. The average molecular weight is 301 g/mol. The monoisotopic (exact) mass is 301 g/mol. The van der Waals surface area contributed by atoms with Gasteiger partial charge in [-0.3, -0.25) is 19.9 Å². The van der Waals surface area contributed by atoms with Crippen LogP contribution in [0.25, 0.3) is 0 Å². The molecule has 1 amide bonds. The van der Waals surface area contributed by atoms with Gasteiger partial charge in [0, 0.05) is 31.5 Å². The van der Waals surface area contributed by atoms with Gasteiger partial charge in [0.25, 0.3) is 11.6 Å². The Morgan fingerprint density at radius 2 is 2.18 bits per heavy atom. The molecule has 0 fully saturated rings. The van der Waals surface area contributed by atoms with Gasteiger partial charge in [0.15, 0.2) is 0 Å². The number of carbonyl (C=O) groups is 1. The SMILES string of the molecule is Cc1cc([N+](=O)[O-])cnc1NCCNC(=O)c1cccnc1. The van der Waals surface area contributed by atoms with Crippen LogP contribution in [-0.4, -0.2) is 33.9 Å². The summed E-state index contributed by atoms with van der Waals surface area (Å²) in [5.41, 5.74) is 1.12. The van der Waals surface area contributed by atoms with Crippen molar-refractivity contribution in [3.05, 3.63) is 58.0 Å². The summed E-state index contributed by atoms with van der Waals surface area (Å²) >= 11 is 0. The molecule has 0 aromatic carbocycles. The first-order valence-electron chi connectivity index (χ1n) is 6.61. The van der Waals surface area contributed by atoms with Gasteiger partial charge in [-0.1, -0.05) is 0 Å². The van der Waals surface area contributed by atoms with Crippen molar-refractivity contribution >= 4 is 17.4 Å². The molecule has 2 aromatic rings. The molecule has 0 aliphatic heterocycles. The van der Waals surface area contributed by atoms with Crippen molar-refractivity contribution in [1.29, 1.82) is 0 Å². The molecular formula is C14H15N5O3. The molecule has 114 valence electrons. The van der Waals surface area contributed by atoms with Gasteiger partial charge in [-0.25, -0.2) is 4.98 Å². The lowest BCUT2D eigenvalue weighted by Gasteiger charge is -2.09. The van der Waals surface area contributed by atoms with Crippen molar-refractivity contribution in [1.82, 2.24) is 15.3 Å². The van der Waals surface area contributed by atoms with Crippen molar-refractivity contribution in [3.8, 4) is 0 Å². The van der Waals surface area contributed by atoms with E-state index in [1.165, 1.54) is 18.5 Å². The molecule has 0 aliphatic rings. The Hall–Kier alpha value is -3.03. The van der Waals surface area contributed by atoms with E-state index in [1.54, 1.807) is 25.3 Å². The van der Waals surface area contributed by atoms with Gasteiger partial charge in [0.05, 0.1) is 10.5 Å². The summed E-state index contributed by atoms with van der Waals surface area (Å²) < 4.78 is 0. The number of carbonyl (C=O) groups excluding carboxylic acids is 1. The third-order valence-corrected chi connectivity index (χ3v) is 2.90. The Balaban J connectivity index is 1.82. The lowest BCUT2D eigenvalue weighted by molar-refractivity contribution is -0.385. The van der Waals surface area contributed by atoms with E-state index in [0.29, 0.717) is 30.0 Å². The first kappa shape index (κ1) is 15.4. The van der Waals surface area contributed by atoms with Crippen LogP contribution in [0.3, 0.4) is 0 Å². The fourth-order valence-electron chi connectivity index (χ4n) is 1.80. The van der Waals surface area contributed by atoms with Crippen LogP contribution in [0.4, 0.5) is 11.5 Å². The lowest BCUT2D eigenvalue weighted by atomic mass is 10.2. The first-order valence-corrected chi connectivity index (χ1v) is 6.61. The minimum atomic E-state index is -0.488. The average Bonchev–Trinajstić information content (AvgIpc) is 2.53. The molecule has 0 bridgehead atoms. The van der Waals surface area contributed by atoms with Crippen molar-refractivity contribution in [2.75, 3.05) is 18.4 Å². The van der Waals surface area contributed by atoms with E-state index in [4.69, 9.17) is 0 Å². The Morgan fingerprint density at radius 1 is 1.36 bits per heavy atom. The fraction of sp³-hybridized carbons (Fsp3) is 0.214. The highest BCUT2D eigenvalue weighted by Crippen LogP contribution is 2.17. The van der Waals surface area contributed by atoms with Gasteiger partial charge in [-0.15, -0.1) is 0 Å². The van der Waals surface area contributed by atoms with Gasteiger partial charge in [0.2, 0.25) is 0 Å². The molecule has 0 spiro atoms. The van der Waals surface area contributed by atoms with Crippen LogP contribution in [0.5, 0.6) is 0 Å². The quantitative estimate of drug-likeness (QED) is 0.475. The number of anilines is 1. The number of nitro groups is 1. The molecular weight excluding hydrogens is 286 g/mol. The van der Waals surface area contributed by atoms with Crippen LogP contribution in [0.15, 0.2) is 36.8 Å². The fourth-order valence-corrected chi connectivity index (χ4v) is 1.80. The second kappa shape index (κ2) is 7.11. The number of nitrogens with one attached hydrogen (secondary N) is 2. The van der Waals surface area contributed by atoms with E-state index in [0.717, 1.165) is 0 Å². The molecule has 2 rings (SSSR count). The molecule has 0 saturated carbocycles. The number of nitrogens with zero attached hydrogens (tertiary/aromatic N) is 3. The maximum atomic E-state index is 11.8. The maximum Gasteiger partial charge on any atom is 0.287 e.